The van der Waals surface area contributed by atoms with Crippen molar-refractivity contribution in [2.75, 3.05) is 11.9 Å². The molecule has 0 bridgehead atoms. The summed E-state index contributed by atoms with van der Waals surface area (Å²) in [5.41, 5.74) is 1.99. The zero-order chi connectivity index (χ0) is 18.5. The monoisotopic (exact) mass is 450 g/mol. The van der Waals surface area contributed by atoms with Crippen molar-refractivity contribution in [3.8, 4) is 11.3 Å². The van der Waals surface area contributed by atoms with Gasteiger partial charge < -0.3 is 4.74 Å². The van der Waals surface area contributed by atoms with E-state index in [4.69, 9.17) is 16.3 Å². The van der Waals surface area contributed by atoms with E-state index in [1.165, 1.54) is 17.4 Å². The SMILES string of the molecule is O=C(COC(=O)c1cccc(Cl)c1)Nc1nc(-c2ccc(Br)cc2)cs1. The third kappa shape index (κ3) is 4.91. The first-order valence-corrected chi connectivity index (χ1v) is 9.50. The Balaban J connectivity index is 1.55. The van der Waals surface area contributed by atoms with Crippen molar-refractivity contribution in [1.82, 2.24) is 4.98 Å². The molecule has 0 radical (unpaired) electrons. The molecule has 0 spiro atoms. The minimum Gasteiger partial charge on any atom is -0.452 e. The predicted molar refractivity (Wildman–Crippen MR) is 106 cm³/mol. The minimum absolute atomic E-state index is 0.289. The van der Waals surface area contributed by atoms with Crippen LogP contribution < -0.4 is 5.32 Å². The van der Waals surface area contributed by atoms with Gasteiger partial charge in [-0.15, -0.1) is 11.3 Å². The Morgan fingerprint density at radius 2 is 1.96 bits per heavy atom. The van der Waals surface area contributed by atoms with Gasteiger partial charge in [-0.2, -0.15) is 0 Å². The van der Waals surface area contributed by atoms with E-state index in [1.807, 2.05) is 29.6 Å². The Kier molecular flexibility index (Phi) is 6.03. The van der Waals surface area contributed by atoms with Gasteiger partial charge in [0.2, 0.25) is 0 Å². The van der Waals surface area contributed by atoms with Crippen molar-refractivity contribution in [1.29, 1.82) is 0 Å². The van der Waals surface area contributed by atoms with Gasteiger partial charge in [0.15, 0.2) is 11.7 Å². The Morgan fingerprint density at radius 3 is 2.69 bits per heavy atom. The summed E-state index contributed by atoms with van der Waals surface area (Å²) in [5, 5.41) is 5.32. The van der Waals surface area contributed by atoms with Crippen LogP contribution in [-0.4, -0.2) is 23.5 Å². The van der Waals surface area contributed by atoms with Gasteiger partial charge in [0.25, 0.3) is 5.91 Å². The average Bonchev–Trinajstić information content (AvgIpc) is 3.08. The second-order valence-corrected chi connectivity index (χ2v) is 7.39. The van der Waals surface area contributed by atoms with Gasteiger partial charge in [-0.05, 0) is 30.3 Å². The highest BCUT2D eigenvalue weighted by atomic mass is 79.9. The minimum atomic E-state index is -0.614. The summed E-state index contributed by atoms with van der Waals surface area (Å²) >= 11 is 10.5. The molecular weight excluding hydrogens is 440 g/mol. The average molecular weight is 452 g/mol. The molecule has 8 heteroatoms. The highest BCUT2D eigenvalue weighted by Crippen LogP contribution is 2.26. The Bertz CT molecular complexity index is 944. The fraction of sp³-hybridized carbons (Fsp3) is 0.0556. The van der Waals surface area contributed by atoms with E-state index in [1.54, 1.807) is 18.2 Å². The fourth-order valence-corrected chi connectivity index (χ4v) is 3.26. The number of carbonyl (C=O) groups excluding carboxylic acids is 2. The number of hydrogen-bond donors (Lipinski definition) is 1. The highest BCUT2D eigenvalue weighted by molar-refractivity contribution is 9.10. The molecule has 3 aromatic rings. The summed E-state index contributed by atoms with van der Waals surface area (Å²) < 4.78 is 5.96. The molecule has 0 saturated heterocycles. The number of halogens is 2. The molecule has 0 aliphatic rings. The number of nitrogens with zero attached hydrogens (tertiary/aromatic N) is 1. The van der Waals surface area contributed by atoms with E-state index < -0.39 is 18.5 Å². The zero-order valence-corrected chi connectivity index (χ0v) is 16.4. The lowest BCUT2D eigenvalue weighted by Crippen LogP contribution is -2.20. The molecule has 0 unspecified atom stereocenters. The summed E-state index contributed by atoms with van der Waals surface area (Å²) in [6, 6.07) is 14.0. The number of benzene rings is 2. The van der Waals surface area contributed by atoms with Gasteiger partial charge in [-0.25, -0.2) is 9.78 Å². The predicted octanol–water partition coefficient (Wildman–Crippen LogP) is 5.02. The zero-order valence-electron chi connectivity index (χ0n) is 13.2. The first-order valence-electron chi connectivity index (χ1n) is 7.45. The van der Waals surface area contributed by atoms with Crippen LogP contribution in [0.4, 0.5) is 5.13 Å². The number of esters is 1. The molecule has 1 amide bonds. The van der Waals surface area contributed by atoms with Crippen LogP contribution in [0.2, 0.25) is 5.02 Å². The van der Waals surface area contributed by atoms with Gasteiger partial charge in [-0.1, -0.05) is 45.7 Å². The van der Waals surface area contributed by atoms with Crippen molar-refractivity contribution in [3.63, 3.8) is 0 Å². The molecule has 1 aromatic heterocycles. The van der Waals surface area contributed by atoms with Crippen molar-refractivity contribution >= 4 is 55.9 Å². The number of carbonyl (C=O) groups is 2. The number of nitrogens with one attached hydrogen (secondary N) is 1. The summed E-state index contributed by atoms with van der Waals surface area (Å²) in [6.07, 6.45) is 0. The van der Waals surface area contributed by atoms with Gasteiger partial charge in [0.05, 0.1) is 11.3 Å². The van der Waals surface area contributed by atoms with Gasteiger partial charge in [0.1, 0.15) is 0 Å². The highest BCUT2D eigenvalue weighted by Gasteiger charge is 2.12. The number of rotatable bonds is 5. The second-order valence-electron chi connectivity index (χ2n) is 5.18. The Morgan fingerprint density at radius 1 is 1.19 bits per heavy atom. The van der Waals surface area contributed by atoms with E-state index in [0.717, 1.165) is 15.7 Å². The van der Waals surface area contributed by atoms with Crippen molar-refractivity contribution in [2.45, 2.75) is 0 Å². The summed E-state index contributed by atoms with van der Waals surface area (Å²) in [4.78, 5) is 28.2. The van der Waals surface area contributed by atoms with Crippen molar-refractivity contribution in [2.24, 2.45) is 0 Å². The number of hydrogen-bond acceptors (Lipinski definition) is 5. The molecule has 2 aromatic carbocycles. The molecule has 0 saturated carbocycles. The molecule has 0 fully saturated rings. The molecule has 0 aliphatic heterocycles. The van der Waals surface area contributed by atoms with Crippen LogP contribution >= 0.6 is 38.9 Å². The molecule has 132 valence electrons. The normalized spacial score (nSPS) is 10.4. The molecule has 5 nitrogen and oxygen atoms in total. The lowest BCUT2D eigenvalue weighted by molar-refractivity contribution is -0.119. The van der Waals surface area contributed by atoms with Gasteiger partial charge in [0, 0.05) is 20.4 Å². The van der Waals surface area contributed by atoms with Crippen LogP contribution in [-0.2, 0) is 9.53 Å². The summed E-state index contributed by atoms with van der Waals surface area (Å²) in [5.74, 6) is -1.07. The van der Waals surface area contributed by atoms with Gasteiger partial charge >= 0.3 is 5.97 Å². The van der Waals surface area contributed by atoms with E-state index in [2.05, 4.69) is 26.2 Å². The smallest absolute Gasteiger partial charge is 0.338 e. The van der Waals surface area contributed by atoms with Crippen LogP contribution in [0.25, 0.3) is 11.3 Å². The first kappa shape index (κ1) is 18.6. The maximum atomic E-state index is 12.0. The van der Waals surface area contributed by atoms with Crippen LogP contribution in [0.15, 0.2) is 58.4 Å². The van der Waals surface area contributed by atoms with Crippen LogP contribution in [0, 0.1) is 0 Å². The van der Waals surface area contributed by atoms with Crippen LogP contribution in [0.3, 0.4) is 0 Å². The largest absolute Gasteiger partial charge is 0.452 e. The fourth-order valence-electron chi connectivity index (χ4n) is 2.07. The number of ether oxygens (including phenoxy) is 1. The summed E-state index contributed by atoms with van der Waals surface area (Å²) in [7, 11) is 0. The Hall–Kier alpha value is -2.22. The number of amides is 1. The first-order chi connectivity index (χ1) is 12.5. The molecule has 3 rings (SSSR count). The summed E-state index contributed by atoms with van der Waals surface area (Å²) in [6.45, 7) is -0.404. The van der Waals surface area contributed by atoms with Gasteiger partial charge in [-0.3, -0.25) is 10.1 Å². The molecule has 1 heterocycles. The molecule has 0 aliphatic carbocycles. The van der Waals surface area contributed by atoms with E-state index in [9.17, 15) is 9.59 Å². The van der Waals surface area contributed by atoms with E-state index in [-0.39, 0.29) is 5.56 Å². The molecule has 1 N–H and O–H groups in total. The third-order valence-electron chi connectivity index (χ3n) is 3.29. The number of aromatic nitrogens is 1. The van der Waals surface area contributed by atoms with Crippen LogP contribution in [0.5, 0.6) is 0 Å². The standard InChI is InChI=1S/C18H12BrClN2O3S/c19-13-6-4-11(5-7-13)15-10-26-18(21-15)22-16(23)9-25-17(24)12-2-1-3-14(20)8-12/h1-8,10H,9H2,(H,21,22,23). The lowest BCUT2D eigenvalue weighted by atomic mass is 10.2. The molecule has 0 atom stereocenters. The molecule has 26 heavy (non-hydrogen) atoms. The lowest BCUT2D eigenvalue weighted by Gasteiger charge is -2.05. The van der Waals surface area contributed by atoms with Crippen LogP contribution in [0.1, 0.15) is 10.4 Å². The number of anilines is 1. The quantitative estimate of drug-likeness (QED) is 0.553. The second kappa shape index (κ2) is 8.44. The number of thiazole rings is 1. The Labute approximate surface area is 167 Å². The molecular formula is C18H12BrClN2O3S. The topological polar surface area (TPSA) is 68.3 Å². The van der Waals surface area contributed by atoms with E-state index >= 15 is 0 Å². The van der Waals surface area contributed by atoms with Crippen molar-refractivity contribution < 1.29 is 14.3 Å². The maximum Gasteiger partial charge on any atom is 0.338 e. The third-order valence-corrected chi connectivity index (χ3v) is 4.81. The van der Waals surface area contributed by atoms with E-state index in [0.29, 0.717) is 10.2 Å². The maximum absolute atomic E-state index is 12.0. The van der Waals surface area contributed by atoms with Crippen molar-refractivity contribution in [3.05, 3.63) is 69.0 Å².